The van der Waals surface area contributed by atoms with Crippen molar-refractivity contribution in [1.82, 2.24) is 9.97 Å². The fraction of sp³-hybridized carbons (Fsp3) is 0.188. The molecular formula is C16H14N2OS. The summed E-state index contributed by atoms with van der Waals surface area (Å²) in [6.07, 6.45) is 1.04. The number of rotatable bonds is 2. The Morgan fingerprint density at radius 1 is 1.25 bits per heavy atom. The Bertz CT molecular complexity index is 756. The van der Waals surface area contributed by atoms with Gasteiger partial charge in [-0.25, -0.2) is 4.98 Å². The minimum Gasteiger partial charge on any atom is -0.497 e. The van der Waals surface area contributed by atoms with Gasteiger partial charge in [0.2, 0.25) is 0 Å². The number of thioether (sulfide) groups is 1. The highest BCUT2D eigenvalue weighted by Crippen LogP contribution is 2.45. The maximum absolute atomic E-state index is 5.25. The van der Waals surface area contributed by atoms with Gasteiger partial charge in [-0.1, -0.05) is 18.2 Å². The number of aromatic nitrogens is 2. The van der Waals surface area contributed by atoms with Gasteiger partial charge < -0.3 is 9.72 Å². The summed E-state index contributed by atoms with van der Waals surface area (Å²) in [7, 11) is 1.68. The van der Waals surface area contributed by atoms with Gasteiger partial charge in [0.1, 0.15) is 11.6 Å². The quantitative estimate of drug-likeness (QED) is 0.773. The highest BCUT2D eigenvalue weighted by molar-refractivity contribution is 7.99. The molecular weight excluding hydrogens is 268 g/mol. The summed E-state index contributed by atoms with van der Waals surface area (Å²) >= 11 is 1.89. The number of benzene rings is 2. The van der Waals surface area contributed by atoms with Crippen LogP contribution in [0.3, 0.4) is 0 Å². The van der Waals surface area contributed by atoms with E-state index in [-0.39, 0.29) is 0 Å². The number of hydrogen-bond donors (Lipinski definition) is 1. The largest absolute Gasteiger partial charge is 0.497 e. The average Bonchev–Trinajstić information content (AvgIpc) is 3.09. The van der Waals surface area contributed by atoms with E-state index in [4.69, 9.17) is 9.72 Å². The lowest BCUT2D eigenvalue weighted by Gasteiger charge is -2.02. The van der Waals surface area contributed by atoms with Crippen LogP contribution in [0, 0.1) is 0 Å². The molecule has 0 bridgehead atoms. The van der Waals surface area contributed by atoms with E-state index in [9.17, 15) is 0 Å². The van der Waals surface area contributed by atoms with Crippen molar-refractivity contribution in [2.45, 2.75) is 16.6 Å². The Morgan fingerprint density at radius 3 is 3.00 bits per heavy atom. The van der Waals surface area contributed by atoms with Crippen molar-refractivity contribution in [1.29, 1.82) is 0 Å². The van der Waals surface area contributed by atoms with Crippen LogP contribution in [0.2, 0.25) is 0 Å². The second kappa shape index (κ2) is 4.56. The van der Waals surface area contributed by atoms with Crippen LogP contribution in [-0.2, 0) is 6.42 Å². The van der Waals surface area contributed by atoms with Crippen molar-refractivity contribution in [3.05, 3.63) is 53.9 Å². The van der Waals surface area contributed by atoms with Gasteiger partial charge in [-0.15, -0.1) is 11.8 Å². The summed E-state index contributed by atoms with van der Waals surface area (Å²) < 4.78 is 5.25. The number of aromatic amines is 1. The van der Waals surface area contributed by atoms with Crippen molar-refractivity contribution in [3.63, 3.8) is 0 Å². The van der Waals surface area contributed by atoms with Crippen molar-refractivity contribution in [2.75, 3.05) is 7.11 Å². The van der Waals surface area contributed by atoms with E-state index in [0.29, 0.717) is 5.25 Å². The summed E-state index contributed by atoms with van der Waals surface area (Å²) in [5, 5.41) is 0.380. The van der Waals surface area contributed by atoms with E-state index in [1.807, 2.05) is 30.0 Å². The smallest absolute Gasteiger partial charge is 0.121 e. The van der Waals surface area contributed by atoms with Crippen LogP contribution in [0.25, 0.3) is 11.0 Å². The lowest BCUT2D eigenvalue weighted by Crippen LogP contribution is -1.94. The fourth-order valence-corrected chi connectivity index (χ4v) is 3.88. The Hall–Kier alpha value is -1.94. The third-order valence-electron chi connectivity index (χ3n) is 3.66. The van der Waals surface area contributed by atoms with Gasteiger partial charge in [-0.2, -0.15) is 0 Å². The van der Waals surface area contributed by atoms with E-state index in [2.05, 4.69) is 29.2 Å². The van der Waals surface area contributed by atoms with Crippen molar-refractivity contribution in [2.24, 2.45) is 0 Å². The number of methoxy groups -OCH3 is 1. The molecule has 4 rings (SSSR count). The van der Waals surface area contributed by atoms with Gasteiger partial charge in [0.05, 0.1) is 23.4 Å². The second-order valence-corrected chi connectivity index (χ2v) is 6.17. The van der Waals surface area contributed by atoms with Gasteiger partial charge in [0, 0.05) is 11.0 Å². The molecule has 1 atom stereocenters. The van der Waals surface area contributed by atoms with E-state index in [0.717, 1.165) is 29.0 Å². The summed E-state index contributed by atoms with van der Waals surface area (Å²) in [4.78, 5) is 9.53. The standard InChI is InChI=1S/C16H14N2OS/c1-19-11-6-7-12-13(9-11)18-16(17-12)15-8-10-4-2-3-5-14(10)20-15/h2-7,9,15H,8H2,1H3,(H,17,18). The third-order valence-corrected chi connectivity index (χ3v) is 4.99. The van der Waals surface area contributed by atoms with Gasteiger partial charge in [-0.3, -0.25) is 0 Å². The lowest BCUT2D eigenvalue weighted by molar-refractivity contribution is 0.415. The SMILES string of the molecule is COc1ccc2nc(C3Cc4ccccc4S3)[nH]c2c1. The predicted octanol–water partition coefficient (Wildman–Crippen LogP) is 3.96. The molecule has 0 amide bonds. The summed E-state index contributed by atoms with van der Waals surface area (Å²) in [6.45, 7) is 0. The molecule has 0 saturated heterocycles. The summed E-state index contributed by atoms with van der Waals surface area (Å²) in [6, 6.07) is 14.5. The summed E-state index contributed by atoms with van der Waals surface area (Å²) in [5.41, 5.74) is 3.45. The highest BCUT2D eigenvalue weighted by atomic mass is 32.2. The maximum atomic E-state index is 5.25. The molecule has 0 saturated carbocycles. The molecule has 3 nitrogen and oxygen atoms in total. The van der Waals surface area contributed by atoms with Gasteiger partial charge in [0.25, 0.3) is 0 Å². The van der Waals surface area contributed by atoms with Crippen LogP contribution < -0.4 is 4.74 Å². The first-order chi connectivity index (χ1) is 9.83. The molecule has 1 aliphatic rings. The Balaban J connectivity index is 1.70. The fourth-order valence-electron chi connectivity index (χ4n) is 2.62. The Kier molecular flexibility index (Phi) is 2.70. The molecule has 20 heavy (non-hydrogen) atoms. The number of imidazole rings is 1. The molecule has 1 aromatic heterocycles. The zero-order valence-electron chi connectivity index (χ0n) is 11.1. The van der Waals surface area contributed by atoms with E-state index < -0.39 is 0 Å². The molecule has 100 valence electrons. The number of nitrogens with one attached hydrogen (secondary N) is 1. The van der Waals surface area contributed by atoms with Crippen LogP contribution >= 0.6 is 11.8 Å². The molecule has 1 unspecified atom stereocenters. The van der Waals surface area contributed by atoms with Crippen LogP contribution in [0.5, 0.6) is 5.75 Å². The number of hydrogen-bond acceptors (Lipinski definition) is 3. The summed E-state index contributed by atoms with van der Waals surface area (Å²) in [5.74, 6) is 1.91. The normalized spacial score (nSPS) is 17.4. The van der Waals surface area contributed by atoms with Gasteiger partial charge in [-0.05, 0) is 30.2 Å². The van der Waals surface area contributed by atoms with Crippen LogP contribution in [0.4, 0.5) is 0 Å². The van der Waals surface area contributed by atoms with Crippen molar-refractivity contribution < 1.29 is 4.74 Å². The first kappa shape index (κ1) is 11.9. The zero-order chi connectivity index (χ0) is 13.5. The zero-order valence-corrected chi connectivity index (χ0v) is 11.9. The monoisotopic (exact) mass is 282 g/mol. The molecule has 0 spiro atoms. The molecule has 2 aromatic carbocycles. The molecule has 0 aliphatic carbocycles. The van der Waals surface area contributed by atoms with Crippen molar-refractivity contribution in [3.8, 4) is 5.75 Å². The van der Waals surface area contributed by atoms with E-state index >= 15 is 0 Å². The average molecular weight is 282 g/mol. The molecule has 0 fully saturated rings. The lowest BCUT2D eigenvalue weighted by atomic mass is 10.1. The first-order valence-corrected chi connectivity index (χ1v) is 7.49. The number of ether oxygens (including phenoxy) is 1. The van der Waals surface area contributed by atoms with Gasteiger partial charge in [0.15, 0.2) is 0 Å². The minimum atomic E-state index is 0.380. The maximum Gasteiger partial charge on any atom is 0.121 e. The third kappa shape index (κ3) is 1.88. The molecule has 3 aromatic rings. The van der Waals surface area contributed by atoms with Crippen LogP contribution in [-0.4, -0.2) is 17.1 Å². The molecule has 0 radical (unpaired) electrons. The molecule has 4 heteroatoms. The van der Waals surface area contributed by atoms with E-state index in [1.54, 1.807) is 7.11 Å². The highest BCUT2D eigenvalue weighted by Gasteiger charge is 2.25. The molecule has 1 aliphatic heterocycles. The number of fused-ring (bicyclic) bond motifs is 2. The molecule has 2 heterocycles. The number of H-pyrrole nitrogens is 1. The topological polar surface area (TPSA) is 37.9 Å². The minimum absolute atomic E-state index is 0.380. The van der Waals surface area contributed by atoms with E-state index in [1.165, 1.54) is 10.5 Å². The number of nitrogens with zero attached hydrogens (tertiary/aromatic N) is 1. The van der Waals surface area contributed by atoms with Crippen LogP contribution in [0.1, 0.15) is 16.6 Å². The van der Waals surface area contributed by atoms with Gasteiger partial charge >= 0.3 is 0 Å². The molecule has 1 N–H and O–H groups in total. The second-order valence-electron chi connectivity index (χ2n) is 4.92. The van der Waals surface area contributed by atoms with Crippen LogP contribution in [0.15, 0.2) is 47.4 Å². The Labute approximate surface area is 121 Å². The first-order valence-electron chi connectivity index (χ1n) is 6.62. The van der Waals surface area contributed by atoms with Crippen molar-refractivity contribution >= 4 is 22.8 Å². The Morgan fingerprint density at radius 2 is 2.15 bits per heavy atom. The predicted molar refractivity (Wildman–Crippen MR) is 81.4 cm³/mol.